The van der Waals surface area contributed by atoms with Gasteiger partial charge in [-0.25, -0.2) is 0 Å². The second kappa shape index (κ2) is 5.36. The minimum atomic E-state index is -0.378. The first kappa shape index (κ1) is 13.7. The fourth-order valence-corrected chi connectivity index (χ4v) is 3.54. The number of rotatable bonds is 2. The lowest BCUT2D eigenvalue weighted by Gasteiger charge is -2.31. The van der Waals surface area contributed by atoms with Crippen molar-refractivity contribution in [3.8, 4) is 6.07 Å². The molecular formula is C19H15N3O. The number of hydrogen-bond donors (Lipinski definition) is 0. The molecule has 0 N–H and O–H groups in total. The molecule has 0 saturated carbocycles. The van der Waals surface area contributed by atoms with E-state index < -0.39 is 0 Å². The maximum absolute atomic E-state index is 12.9. The SMILES string of the molecule is N#CC1CC(C(=O)c2ccccc2)N2N=Cc3ccccc3C12. The highest BCUT2D eigenvalue weighted by Crippen LogP contribution is 2.44. The number of nitrogens with zero attached hydrogens (tertiary/aromatic N) is 3. The van der Waals surface area contributed by atoms with Crippen molar-refractivity contribution in [1.29, 1.82) is 5.26 Å². The van der Waals surface area contributed by atoms with Crippen LogP contribution in [0.5, 0.6) is 0 Å². The van der Waals surface area contributed by atoms with Gasteiger partial charge in [-0.1, -0.05) is 54.6 Å². The number of hydrogen-bond acceptors (Lipinski definition) is 4. The Kier molecular flexibility index (Phi) is 3.20. The Morgan fingerprint density at radius 1 is 1.13 bits per heavy atom. The van der Waals surface area contributed by atoms with Gasteiger partial charge in [-0.05, 0) is 17.5 Å². The molecule has 2 aliphatic rings. The Labute approximate surface area is 134 Å². The second-order valence-electron chi connectivity index (χ2n) is 5.92. The van der Waals surface area contributed by atoms with Crippen LogP contribution in [0.3, 0.4) is 0 Å². The molecule has 4 rings (SSSR count). The average Bonchev–Trinajstić information content (AvgIpc) is 3.01. The molecule has 1 saturated heterocycles. The Hall–Kier alpha value is -2.93. The summed E-state index contributed by atoms with van der Waals surface area (Å²) in [4.78, 5) is 12.9. The van der Waals surface area contributed by atoms with Gasteiger partial charge < -0.3 is 0 Å². The minimum Gasteiger partial charge on any atom is -0.292 e. The fraction of sp³-hybridized carbons (Fsp3) is 0.211. The Bertz CT molecular complexity index is 822. The van der Waals surface area contributed by atoms with Gasteiger partial charge in [-0.2, -0.15) is 10.4 Å². The van der Waals surface area contributed by atoms with Crippen molar-refractivity contribution >= 4 is 12.0 Å². The molecule has 23 heavy (non-hydrogen) atoms. The van der Waals surface area contributed by atoms with Gasteiger partial charge in [0.05, 0.1) is 24.2 Å². The molecule has 0 bridgehead atoms. The molecule has 2 aliphatic heterocycles. The topological polar surface area (TPSA) is 56.5 Å². The lowest BCUT2D eigenvalue weighted by atomic mass is 9.91. The van der Waals surface area contributed by atoms with Gasteiger partial charge in [0, 0.05) is 5.56 Å². The highest BCUT2D eigenvalue weighted by atomic mass is 16.1. The van der Waals surface area contributed by atoms with Crippen LogP contribution >= 0.6 is 0 Å². The number of Topliss-reactive ketones (excluding diaryl/α,β-unsaturated/α-hetero) is 1. The maximum Gasteiger partial charge on any atom is 0.186 e. The molecule has 0 radical (unpaired) electrons. The summed E-state index contributed by atoms with van der Waals surface area (Å²) in [7, 11) is 0. The van der Waals surface area contributed by atoms with Crippen LogP contribution in [-0.4, -0.2) is 23.0 Å². The van der Waals surface area contributed by atoms with E-state index in [9.17, 15) is 10.1 Å². The van der Waals surface area contributed by atoms with Crippen molar-refractivity contribution in [3.05, 3.63) is 71.3 Å². The molecule has 0 aromatic heterocycles. The first-order valence-corrected chi connectivity index (χ1v) is 7.69. The van der Waals surface area contributed by atoms with Gasteiger partial charge in [0.1, 0.15) is 6.04 Å². The monoisotopic (exact) mass is 301 g/mol. The summed E-state index contributed by atoms with van der Waals surface area (Å²) in [6.07, 6.45) is 2.30. The molecule has 2 aromatic rings. The number of carbonyl (C=O) groups excluding carboxylic acids is 1. The first-order valence-electron chi connectivity index (χ1n) is 7.69. The largest absolute Gasteiger partial charge is 0.292 e. The van der Waals surface area contributed by atoms with Gasteiger partial charge in [0.2, 0.25) is 0 Å². The van der Waals surface area contributed by atoms with Crippen molar-refractivity contribution < 1.29 is 4.79 Å². The molecule has 4 nitrogen and oxygen atoms in total. The van der Waals surface area contributed by atoms with Crippen LogP contribution < -0.4 is 0 Å². The number of fused-ring (bicyclic) bond motifs is 3. The van der Waals surface area contributed by atoms with Gasteiger partial charge in [-0.3, -0.25) is 9.80 Å². The maximum atomic E-state index is 12.9. The third-order valence-corrected chi connectivity index (χ3v) is 4.63. The fourth-order valence-electron chi connectivity index (χ4n) is 3.54. The van der Waals surface area contributed by atoms with E-state index in [2.05, 4.69) is 11.2 Å². The normalized spacial score (nSPS) is 24.7. The number of hydrazone groups is 1. The van der Waals surface area contributed by atoms with Crippen molar-refractivity contribution in [2.75, 3.05) is 0 Å². The lowest BCUT2D eigenvalue weighted by molar-refractivity contribution is 0.0834. The number of ketones is 1. The van der Waals surface area contributed by atoms with E-state index in [-0.39, 0.29) is 23.8 Å². The molecule has 1 fully saturated rings. The molecule has 4 heteroatoms. The van der Waals surface area contributed by atoms with Crippen LogP contribution in [0.2, 0.25) is 0 Å². The first-order chi connectivity index (χ1) is 11.3. The van der Waals surface area contributed by atoms with Gasteiger partial charge in [0.25, 0.3) is 0 Å². The summed E-state index contributed by atoms with van der Waals surface area (Å²) < 4.78 is 0. The predicted octanol–water partition coefficient (Wildman–Crippen LogP) is 3.17. The Morgan fingerprint density at radius 3 is 2.65 bits per heavy atom. The van der Waals surface area contributed by atoms with Crippen molar-refractivity contribution in [2.24, 2.45) is 11.0 Å². The molecule has 2 heterocycles. The molecule has 112 valence electrons. The molecular weight excluding hydrogens is 286 g/mol. The number of nitriles is 1. The van der Waals surface area contributed by atoms with Crippen molar-refractivity contribution in [2.45, 2.75) is 18.5 Å². The Morgan fingerprint density at radius 2 is 1.87 bits per heavy atom. The molecule has 2 aromatic carbocycles. The Balaban J connectivity index is 1.74. The summed E-state index contributed by atoms with van der Waals surface area (Å²) in [6.45, 7) is 0. The third kappa shape index (κ3) is 2.13. The minimum absolute atomic E-state index is 0.0323. The van der Waals surface area contributed by atoms with E-state index in [0.717, 1.165) is 11.1 Å². The standard InChI is InChI=1S/C19H15N3O/c20-11-15-10-17(19(23)13-6-2-1-3-7-13)22-18(15)16-9-5-4-8-14(16)12-21-22/h1-9,12,15,17-18H,10H2. The zero-order valence-corrected chi connectivity index (χ0v) is 12.5. The average molecular weight is 301 g/mol. The zero-order valence-electron chi connectivity index (χ0n) is 12.5. The van der Waals surface area contributed by atoms with Crippen molar-refractivity contribution in [1.82, 2.24) is 5.01 Å². The summed E-state index contributed by atoms with van der Waals surface area (Å²) in [5.74, 6) is -0.198. The molecule has 3 atom stereocenters. The quantitative estimate of drug-likeness (QED) is 0.801. The molecule has 0 aliphatic carbocycles. The lowest BCUT2D eigenvalue weighted by Crippen LogP contribution is -2.36. The molecule has 3 unspecified atom stereocenters. The zero-order chi connectivity index (χ0) is 15.8. The second-order valence-corrected chi connectivity index (χ2v) is 5.92. The van der Waals surface area contributed by atoms with E-state index in [0.29, 0.717) is 12.0 Å². The van der Waals surface area contributed by atoms with Crippen LogP contribution in [0.25, 0.3) is 0 Å². The molecule has 0 amide bonds. The summed E-state index contributed by atoms with van der Waals surface area (Å²) in [5.41, 5.74) is 2.78. The summed E-state index contributed by atoms with van der Waals surface area (Å²) >= 11 is 0. The van der Waals surface area contributed by atoms with E-state index in [1.54, 1.807) is 6.21 Å². The van der Waals surface area contributed by atoms with E-state index in [4.69, 9.17) is 0 Å². The van der Waals surface area contributed by atoms with E-state index in [1.165, 1.54) is 0 Å². The number of benzene rings is 2. The predicted molar refractivity (Wildman–Crippen MR) is 86.9 cm³/mol. The van der Waals surface area contributed by atoms with Crippen LogP contribution in [-0.2, 0) is 0 Å². The smallest absolute Gasteiger partial charge is 0.186 e. The van der Waals surface area contributed by atoms with Gasteiger partial charge >= 0.3 is 0 Å². The summed E-state index contributed by atoms with van der Waals surface area (Å²) in [5, 5.41) is 15.9. The van der Waals surface area contributed by atoms with Crippen LogP contribution in [0.15, 0.2) is 59.7 Å². The van der Waals surface area contributed by atoms with E-state index in [1.807, 2.05) is 59.6 Å². The van der Waals surface area contributed by atoms with Crippen molar-refractivity contribution in [3.63, 3.8) is 0 Å². The summed E-state index contributed by atoms with van der Waals surface area (Å²) in [6, 6.07) is 19.0. The van der Waals surface area contributed by atoms with Gasteiger partial charge in [0.15, 0.2) is 5.78 Å². The van der Waals surface area contributed by atoms with Gasteiger partial charge in [-0.15, -0.1) is 0 Å². The third-order valence-electron chi connectivity index (χ3n) is 4.63. The van der Waals surface area contributed by atoms with Crippen LogP contribution in [0.1, 0.15) is 33.9 Å². The number of carbonyl (C=O) groups is 1. The molecule has 0 spiro atoms. The highest BCUT2D eigenvalue weighted by Gasteiger charge is 2.46. The van der Waals surface area contributed by atoms with E-state index >= 15 is 0 Å². The van der Waals surface area contributed by atoms with Crippen LogP contribution in [0.4, 0.5) is 0 Å². The highest BCUT2D eigenvalue weighted by molar-refractivity contribution is 6.00. The van der Waals surface area contributed by atoms with Crippen LogP contribution in [0, 0.1) is 17.2 Å².